The van der Waals surface area contributed by atoms with Gasteiger partial charge in [0.2, 0.25) is 5.91 Å². The third-order valence-corrected chi connectivity index (χ3v) is 3.47. The molecule has 0 radical (unpaired) electrons. The lowest BCUT2D eigenvalue weighted by Gasteiger charge is -2.29. The number of amides is 1. The number of carbonyl (C=O) groups excluding carboxylic acids is 1. The number of ether oxygens (including phenoxy) is 1. The van der Waals surface area contributed by atoms with Crippen LogP contribution in [0.1, 0.15) is 27.2 Å². The molecule has 0 aromatic heterocycles. The maximum Gasteiger partial charge on any atom is 0.242 e. The minimum Gasteiger partial charge on any atom is -0.354 e. The van der Waals surface area contributed by atoms with Crippen molar-refractivity contribution in [2.24, 2.45) is 11.7 Å². The van der Waals surface area contributed by atoms with Crippen LogP contribution in [0.2, 0.25) is 0 Å². The van der Waals surface area contributed by atoms with Gasteiger partial charge in [-0.05, 0) is 20.3 Å². The Morgan fingerprint density at radius 3 is 2.86 bits per heavy atom. The number of nitrogens with zero attached hydrogens (tertiary/aromatic N) is 1. The highest BCUT2D eigenvalue weighted by Crippen LogP contribution is 2.39. The first-order valence-electron chi connectivity index (χ1n) is 5.21. The van der Waals surface area contributed by atoms with Gasteiger partial charge in [0.1, 0.15) is 5.72 Å². The summed E-state index contributed by atoms with van der Waals surface area (Å²) in [4.78, 5) is 13.7. The molecule has 80 valence electrons. The molecular formula is C10H18N2O2. The van der Waals surface area contributed by atoms with E-state index in [0.717, 1.165) is 6.42 Å². The maximum atomic E-state index is 11.9. The minimum absolute atomic E-state index is 0.0457. The topological polar surface area (TPSA) is 55.6 Å². The van der Waals surface area contributed by atoms with Crippen LogP contribution < -0.4 is 5.73 Å². The van der Waals surface area contributed by atoms with E-state index in [2.05, 4.69) is 6.92 Å². The van der Waals surface area contributed by atoms with Gasteiger partial charge in [-0.15, -0.1) is 0 Å². The van der Waals surface area contributed by atoms with E-state index in [9.17, 15) is 4.79 Å². The highest BCUT2D eigenvalue weighted by molar-refractivity contribution is 5.85. The minimum atomic E-state index is -0.469. The van der Waals surface area contributed by atoms with Crippen LogP contribution in [-0.4, -0.2) is 35.2 Å². The molecule has 2 saturated heterocycles. The largest absolute Gasteiger partial charge is 0.354 e. The van der Waals surface area contributed by atoms with E-state index in [1.54, 1.807) is 0 Å². The molecule has 0 spiro atoms. The quantitative estimate of drug-likeness (QED) is 0.660. The Kier molecular flexibility index (Phi) is 2.08. The molecule has 3 atom stereocenters. The molecule has 0 aromatic carbocycles. The van der Waals surface area contributed by atoms with Crippen LogP contribution in [0.15, 0.2) is 0 Å². The van der Waals surface area contributed by atoms with Crippen molar-refractivity contribution in [1.82, 2.24) is 4.90 Å². The molecule has 2 aliphatic rings. The highest BCUT2D eigenvalue weighted by atomic mass is 16.5. The van der Waals surface area contributed by atoms with Crippen LogP contribution in [0.4, 0.5) is 0 Å². The lowest BCUT2D eigenvalue weighted by atomic mass is 9.94. The standard InChI is InChI=1S/C10H18N2O2/c1-4-6-7-5-14-10(2,3)12(7)9(13)8(6)11/h6-8H,4-5,11H2,1-3H3/t6-,7+,8?/m0/s1. The van der Waals surface area contributed by atoms with E-state index in [0.29, 0.717) is 6.61 Å². The molecule has 0 saturated carbocycles. The summed E-state index contributed by atoms with van der Waals surface area (Å²) >= 11 is 0. The van der Waals surface area contributed by atoms with Crippen molar-refractivity contribution in [3.05, 3.63) is 0 Å². The molecule has 4 heteroatoms. The van der Waals surface area contributed by atoms with Gasteiger partial charge in [0.05, 0.1) is 18.7 Å². The summed E-state index contributed by atoms with van der Waals surface area (Å²) in [6.45, 7) is 6.56. The summed E-state index contributed by atoms with van der Waals surface area (Å²) in [5.41, 5.74) is 5.43. The Morgan fingerprint density at radius 1 is 1.64 bits per heavy atom. The number of nitrogens with two attached hydrogens (primary N) is 1. The summed E-state index contributed by atoms with van der Waals surface area (Å²) in [5, 5.41) is 0. The van der Waals surface area contributed by atoms with Crippen LogP contribution in [0.3, 0.4) is 0 Å². The second kappa shape index (κ2) is 2.94. The highest BCUT2D eigenvalue weighted by Gasteiger charge is 2.55. The lowest BCUT2D eigenvalue weighted by molar-refractivity contribution is -0.142. The third kappa shape index (κ3) is 1.10. The Balaban J connectivity index is 2.30. The summed E-state index contributed by atoms with van der Waals surface area (Å²) in [7, 11) is 0. The van der Waals surface area contributed by atoms with Crippen molar-refractivity contribution in [2.75, 3.05) is 6.61 Å². The molecule has 0 aromatic rings. The first-order valence-corrected chi connectivity index (χ1v) is 5.21. The molecule has 1 unspecified atom stereocenters. The first kappa shape index (κ1) is 9.93. The zero-order valence-electron chi connectivity index (χ0n) is 8.99. The molecule has 2 N–H and O–H groups in total. The van der Waals surface area contributed by atoms with Gasteiger partial charge in [-0.1, -0.05) is 6.92 Å². The molecule has 2 rings (SSSR count). The molecule has 1 amide bonds. The number of rotatable bonds is 1. The second-order valence-electron chi connectivity index (χ2n) is 4.63. The fraction of sp³-hybridized carbons (Fsp3) is 0.900. The van der Waals surface area contributed by atoms with Gasteiger partial charge in [0, 0.05) is 5.92 Å². The fourth-order valence-electron chi connectivity index (χ4n) is 2.69. The van der Waals surface area contributed by atoms with Crippen molar-refractivity contribution < 1.29 is 9.53 Å². The average molecular weight is 198 g/mol. The third-order valence-electron chi connectivity index (χ3n) is 3.47. The van der Waals surface area contributed by atoms with Gasteiger partial charge >= 0.3 is 0 Å². The van der Waals surface area contributed by atoms with Crippen molar-refractivity contribution in [3.63, 3.8) is 0 Å². The van der Waals surface area contributed by atoms with Crippen LogP contribution in [0.5, 0.6) is 0 Å². The zero-order valence-corrected chi connectivity index (χ0v) is 8.99. The van der Waals surface area contributed by atoms with Crippen molar-refractivity contribution in [1.29, 1.82) is 0 Å². The van der Waals surface area contributed by atoms with Crippen LogP contribution in [0, 0.1) is 5.92 Å². The van der Waals surface area contributed by atoms with E-state index >= 15 is 0 Å². The predicted octanol–water partition coefficient (Wildman–Crippen LogP) is 0.317. The maximum absolute atomic E-state index is 11.9. The monoisotopic (exact) mass is 198 g/mol. The number of carbonyl (C=O) groups is 1. The SMILES string of the molecule is CC[C@@H]1C(N)C(=O)N2[C@@H]1COC2(C)C. The Bertz CT molecular complexity index is 265. The molecule has 14 heavy (non-hydrogen) atoms. The lowest BCUT2D eigenvalue weighted by Crippen LogP contribution is -2.46. The predicted molar refractivity (Wildman–Crippen MR) is 52.4 cm³/mol. The number of hydrogen-bond acceptors (Lipinski definition) is 3. The van der Waals surface area contributed by atoms with Gasteiger partial charge < -0.3 is 15.4 Å². The van der Waals surface area contributed by atoms with Gasteiger partial charge in [-0.25, -0.2) is 0 Å². The van der Waals surface area contributed by atoms with Crippen molar-refractivity contribution in [3.8, 4) is 0 Å². The average Bonchev–Trinajstić information content (AvgIpc) is 2.53. The molecule has 2 aliphatic heterocycles. The van der Waals surface area contributed by atoms with Crippen LogP contribution in [-0.2, 0) is 9.53 Å². The van der Waals surface area contributed by atoms with Crippen molar-refractivity contribution in [2.45, 2.75) is 45.0 Å². The zero-order chi connectivity index (χ0) is 10.5. The van der Waals surface area contributed by atoms with E-state index < -0.39 is 5.72 Å². The Morgan fingerprint density at radius 2 is 2.29 bits per heavy atom. The van der Waals surface area contributed by atoms with E-state index in [1.807, 2.05) is 18.7 Å². The smallest absolute Gasteiger partial charge is 0.242 e. The summed E-state index contributed by atoms with van der Waals surface area (Å²) < 4.78 is 5.61. The van der Waals surface area contributed by atoms with Gasteiger partial charge in [0.15, 0.2) is 0 Å². The normalized spacial score (nSPS) is 40.4. The van der Waals surface area contributed by atoms with Crippen LogP contribution >= 0.6 is 0 Å². The van der Waals surface area contributed by atoms with Gasteiger partial charge in [-0.3, -0.25) is 4.79 Å². The summed E-state index contributed by atoms with van der Waals surface area (Å²) in [5.74, 6) is 0.300. The Hall–Kier alpha value is -0.610. The summed E-state index contributed by atoms with van der Waals surface area (Å²) in [6, 6.07) is -0.134. The molecule has 2 fully saturated rings. The number of hydrogen-bond donors (Lipinski definition) is 1. The van der Waals surface area contributed by atoms with Gasteiger partial charge in [-0.2, -0.15) is 0 Å². The van der Waals surface area contributed by atoms with Gasteiger partial charge in [0.25, 0.3) is 0 Å². The number of fused-ring (bicyclic) bond motifs is 1. The van der Waals surface area contributed by atoms with E-state index in [1.165, 1.54) is 0 Å². The first-order chi connectivity index (χ1) is 6.49. The molecule has 2 heterocycles. The molecule has 0 bridgehead atoms. The van der Waals surface area contributed by atoms with E-state index in [-0.39, 0.29) is 23.9 Å². The van der Waals surface area contributed by atoms with Crippen molar-refractivity contribution >= 4 is 5.91 Å². The molecule has 0 aliphatic carbocycles. The van der Waals surface area contributed by atoms with E-state index in [4.69, 9.17) is 10.5 Å². The fourth-order valence-corrected chi connectivity index (χ4v) is 2.69. The molecule has 4 nitrogen and oxygen atoms in total. The Labute approximate surface area is 84.4 Å². The second-order valence-corrected chi connectivity index (χ2v) is 4.63. The molecular weight excluding hydrogens is 180 g/mol. The van der Waals surface area contributed by atoms with Crippen LogP contribution in [0.25, 0.3) is 0 Å². The summed E-state index contributed by atoms with van der Waals surface area (Å²) in [6.07, 6.45) is 0.938.